The molecule has 1 atom stereocenters. The van der Waals surface area contributed by atoms with E-state index in [1.165, 1.54) is 0 Å². The van der Waals surface area contributed by atoms with Gasteiger partial charge >= 0.3 is 0 Å². The highest BCUT2D eigenvalue weighted by Gasteiger charge is 2.28. The Labute approximate surface area is 194 Å². The molecule has 0 spiro atoms. The lowest BCUT2D eigenvalue weighted by molar-refractivity contribution is -0.122. The van der Waals surface area contributed by atoms with Crippen LogP contribution in [0.3, 0.4) is 0 Å². The number of primary amides is 1. The standard InChI is InChI=1S/C27H29N3O3/c28-27(32)24-13-7-16-30(24)19-20-8-6-11-22(18-20)29-26(31)15-17-33-25-14-5-4-12-23(25)21-9-2-1-3-10-21/h1-6,8-12,14,18,24H,7,13,15-17,19H2,(H2,28,32)(H,29,31). The molecule has 3 aromatic rings. The summed E-state index contributed by atoms with van der Waals surface area (Å²) < 4.78 is 5.94. The largest absolute Gasteiger partial charge is 0.492 e. The van der Waals surface area contributed by atoms with Crippen molar-refractivity contribution in [3.63, 3.8) is 0 Å². The lowest BCUT2D eigenvalue weighted by Gasteiger charge is -2.22. The van der Waals surface area contributed by atoms with Crippen molar-refractivity contribution in [1.82, 2.24) is 4.90 Å². The fourth-order valence-corrected chi connectivity index (χ4v) is 4.25. The van der Waals surface area contributed by atoms with Crippen molar-refractivity contribution in [2.24, 2.45) is 5.73 Å². The Morgan fingerprint density at radius 1 is 1.00 bits per heavy atom. The van der Waals surface area contributed by atoms with Crippen LogP contribution in [0.2, 0.25) is 0 Å². The molecule has 1 saturated heterocycles. The van der Waals surface area contributed by atoms with Crippen LogP contribution in [0.1, 0.15) is 24.8 Å². The van der Waals surface area contributed by atoms with Crippen LogP contribution >= 0.6 is 0 Å². The van der Waals surface area contributed by atoms with Gasteiger partial charge in [-0.2, -0.15) is 0 Å². The quantitative estimate of drug-likeness (QED) is 0.519. The zero-order chi connectivity index (χ0) is 23.0. The first-order valence-corrected chi connectivity index (χ1v) is 11.3. The van der Waals surface area contributed by atoms with Gasteiger partial charge in [-0.15, -0.1) is 0 Å². The maximum atomic E-state index is 12.5. The molecule has 1 fully saturated rings. The molecule has 2 amide bonds. The zero-order valence-electron chi connectivity index (χ0n) is 18.6. The minimum Gasteiger partial charge on any atom is -0.492 e. The van der Waals surface area contributed by atoms with E-state index in [-0.39, 0.29) is 30.9 Å². The maximum Gasteiger partial charge on any atom is 0.234 e. The van der Waals surface area contributed by atoms with Gasteiger partial charge in [0.2, 0.25) is 11.8 Å². The van der Waals surface area contributed by atoms with E-state index < -0.39 is 0 Å². The molecule has 4 rings (SSSR count). The van der Waals surface area contributed by atoms with Crippen LogP contribution < -0.4 is 15.8 Å². The molecule has 6 heteroatoms. The summed E-state index contributed by atoms with van der Waals surface area (Å²) in [6.07, 6.45) is 2.01. The normalized spacial score (nSPS) is 15.8. The summed E-state index contributed by atoms with van der Waals surface area (Å²) in [6, 6.07) is 25.4. The Kier molecular flexibility index (Phi) is 7.37. The van der Waals surface area contributed by atoms with Crippen LogP contribution in [0.5, 0.6) is 5.75 Å². The Morgan fingerprint density at radius 2 is 1.79 bits per heavy atom. The Hall–Kier alpha value is -3.64. The lowest BCUT2D eigenvalue weighted by atomic mass is 10.1. The van der Waals surface area contributed by atoms with Gasteiger partial charge in [0.05, 0.1) is 19.1 Å². The van der Waals surface area contributed by atoms with Crippen molar-refractivity contribution >= 4 is 17.5 Å². The number of hydrogen-bond acceptors (Lipinski definition) is 4. The molecule has 0 aromatic heterocycles. The van der Waals surface area contributed by atoms with Crippen molar-refractivity contribution in [3.8, 4) is 16.9 Å². The number of carbonyl (C=O) groups is 2. The van der Waals surface area contributed by atoms with Gasteiger partial charge in [-0.25, -0.2) is 0 Å². The molecule has 0 saturated carbocycles. The second-order valence-corrected chi connectivity index (χ2v) is 8.24. The summed E-state index contributed by atoms with van der Waals surface area (Å²) in [5, 5.41) is 2.94. The SMILES string of the molecule is NC(=O)C1CCCN1Cc1cccc(NC(=O)CCOc2ccccc2-c2ccccc2)c1. The first-order valence-electron chi connectivity index (χ1n) is 11.3. The van der Waals surface area contributed by atoms with E-state index in [4.69, 9.17) is 10.5 Å². The van der Waals surface area contributed by atoms with Gasteiger partial charge in [-0.1, -0.05) is 60.7 Å². The minimum atomic E-state index is -0.272. The van der Waals surface area contributed by atoms with Gasteiger partial charge in [0, 0.05) is 17.8 Å². The van der Waals surface area contributed by atoms with Crippen LogP contribution in [0.25, 0.3) is 11.1 Å². The molecule has 3 aromatic carbocycles. The Balaban J connectivity index is 1.31. The first-order chi connectivity index (χ1) is 16.1. The summed E-state index contributed by atoms with van der Waals surface area (Å²) in [6.45, 7) is 1.77. The average Bonchev–Trinajstić information content (AvgIpc) is 3.29. The molecule has 6 nitrogen and oxygen atoms in total. The summed E-state index contributed by atoms with van der Waals surface area (Å²) in [5.74, 6) is 0.374. The van der Waals surface area contributed by atoms with Crippen LogP contribution in [-0.2, 0) is 16.1 Å². The number of benzene rings is 3. The molecule has 0 aliphatic carbocycles. The highest BCUT2D eigenvalue weighted by Crippen LogP contribution is 2.29. The van der Waals surface area contributed by atoms with Gasteiger partial charge in [0.1, 0.15) is 5.75 Å². The van der Waals surface area contributed by atoms with E-state index in [1.807, 2.05) is 78.9 Å². The summed E-state index contributed by atoms with van der Waals surface area (Å²) in [7, 11) is 0. The van der Waals surface area contributed by atoms with Crippen LogP contribution in [-0.4, -0.2) is 35.9 Å². The molecule has 1 heterocycles. The number of carbonyl (C=O) groups excluding carboxylic acids is 2. The van der Waals surface area contributed by atoms with Crippen molar-refractivity contribution in [2.45, 2.75) is 31.8 Å². The first kappa shape index (κ1) is 22.6. The van der Waals surface area contributed by atoms with Gasteiger partial charge in [-0.3, -0.25) is 14.5 Å². The second-order valence-electron chi connectivity index (χ2n) is 8.24. The predicted molar refractivity (Wildman–Crippen MR) is 130 cm³/mol. The van der Waals surface area contributed by atoms with E-state index in [0.717, 1.165) is 47.5 Å². The summed E-state index contributed by atoms with van der Waals surface area (Å²) in [5.41, 5.74) is 9.37. The number of nitrogens with one attached hydrogen (secondary N) is 1. The molecule has 1 aliphatic rings. The van der Waals surface area contributed by atoms with Crippen molar-refractivity contribution < 1.29 is 14.3 Å². The van der Waals surface area contributed by atoms with Crippen LogP contribution in [0.4, 0.5) is 5.69 Å². The highest BCUT2D eigenvalue weighted by atomic mass is 16.5. The van der Waals surface area contributed by atoms with E-state index in [9.17, 15) is 9.59 Å². The van der Waals surface area contributed by atoms with Gasteiger partial charge < -0.3 is 15.8 Å². The van der Waals surface area contributed by atoms with Crippen molar-refractivity contribution in [1.29, 1.82) is 0 Å². The van der Waals surface area contributed by atoms with E-state index in [0.29, 0.717) is 6.54 Å². The number of anilines is 1. The second kappa shape index (κ2) is 10.8. The zero-order valence-corrected chi connectivity index (χ0v) is 18.6. The lowest BCUT2D eigenvalue weighted by Crippen LogP contribution is -2.39. The molecule has 1 aliphatic heterocycles. The highest BCUT2D eigenvalue weighted by molar-refractivity contribution is 5.90. The third-order valence-electron chi connectivity index (χ3n) is 5.85. The Morgan fingerprint density at radius 3 is 2.61 bits per heavy atom. The molecule has 1 unspecified atom stereocenters. The number of hydrogen-bond donors (Lipinski definition) is 2. The van der Waals surface area contributed by atoms with E-state index >= 15 is 0 Å². The Bertz CT molecular complexity index is 1100. The third kappa shape index (κ3) is 5.99. The number of amides is 2. The molecule has 170 valence electrons. The monoisotopic (exact) mass is 443 g/mol. The van der Waals surface area contributed by atoms with Gasteiger partial charge in [0.25, 0.3) is 0 Å². The number of para-hydroxylation sites is 1. The molecule has 0 bridgehead atoms. The molecular formula is C27H29N3O3. The predicted octanol–water partition coefficient (Wildman–Crippen LogP) is 4.21. The number of nitrogens with zero attached hydrogens (tertiary/aromatic N) is 1. The third-order valence-corrected chi connectivity index (χ3v) is 5.85. The van der Waals surface area contributed by atoms with Gasteiger partial charge in [-0.05, 0) is 48.7 Å². The van der Waals surface area contributed by atoms with Crippen LogP contribution in [0.15, 0.2) is 78.9 Å². The number of rotatable bonds is 9. The molecular weight excluding hydrogens is 414 g/mol. The smallest absolute Gasteiger partial charge is 0.234 e. The fourth-order valence-electron chi connectivity index (χ4n) is 4.25. The van der Waals surface area contributed by atoms with E-state index in [1.54, 1.807) is 0 Å². The summed E-state index contributed by atoms with van der Waals surface area (Å²) >= 11 is 0. The molecule has 0 radical (unpaired) electrons. The van der Waals surface area contributed by atoms with Crippen molar-refractivity contribution in [2.75, 3.05) is 18.5 Å². The minimum absolute atomic E-state index is 0.111. The molecule has 3 N–H and O–H groups in total. The number of ether oxygens (including phenoxy) is 1. The van der Waals surface area contributed by atoms with Crippen LogP contribution in [0, 0.1) is 0 Å². The fraction of sp³-hybridized carbons (Fsp3) is 0.259. The number of likely N-dealkylation sites (tertiary alicyclic amines) is 1. The molecule has 33 heavy (non-hydrogen) atoms. The maximum absolute atomic E-state index is 12.5. The van der Waals surface area contributed by atoms with Gasteiger partial charge in [0.15, 0.2) is 0 Å². The van der Waals surface area contributed by atoms with Crippen molar-refractivity contribution in [3.05, 3.63) is 84.4 Å². The topological polar surface area (TPSA) is 84.7 Å². The summed E-state index contributed by atoms with van der Waals surface area (Å²) in [4.78, 5) is 26.2. The number of nitrogens with two attached hydrogens (primary N) is 1. The van der Waals surface area contributed by atoms with E-state index in [2.05, 4.69) is 10.2 Å². The average molecular weight is 444 g/mol.